The summed E-state index contributed by atoms with van der Waals surface area (Å²) in [5, 5.41) is 5.94. The van der Waals surface area contributed by atoms with E-state index >= 15 is 0 Å². The molecule has 1 N–H and O–H groups in total. The molecule has 0 aliphatic carbocycles. The van der Waals surface area contributed by atoms with Gasteiger partial charge in [-0.2, -0.15) is 18.3 Å². The maximum atomic E-state index is 12.5. The molecular weight excluding hydrogens is 447 g/mol. The van der Waals surface area contributed by atoms with Gasteiger partial charge in [-0.25, -0.2) is 4.98 Å². The highest BCUT2D eigenvalue weighted by molar-refractivity contribution is 6.34. The third-order valence-corrected chi connectivity index (χ3v) is 5.10. The molecule has 0 unspecified atom stereocenters. The number of nitrogens with one attached hydrogen (secondary N) is 1. The number of fused-ring (bicyclic) bond motifs is 1. The summed E-state index contributed by atoms with van der Waals surface area (Å²) in [6.07, 6.45) is 2.58. The van der Waals surface area contributed by atoms with Crippen LogP contribution in [-0.4, -0.2) is 44.9 Å². The fourth-order valence-electron chi connectivity index (χ4n) is 3.32. The van der Waals surface area contributed by atoms with Crippen LogP contribution in [0.2, 0.25) is 5.02 Å². The van der Waals surface area contributed by atoms with Gasteiger partial charge in [0.25, 0.3) is 5.91 Å². The Morgan fingerprint density at radius 2 is 1.97 bits per heavy atom. The van der Waals surface area contributed by atoms with Crippen LogP contribution in [0.4, 0.5) is 13.2 Å². The Morgan fingerprint density at radius 1 is 1.19 bits per heavy atom. The molecule has 0 aliphatic heterocycles. The number of alkyl halides is 3. The monoisotopic (exact) mass is 463 g/mol. The van der Waals surface area contributed by atoms with Crippen LogP contribution in [0.1, 0.15) is 10.4 Å². The first-order chi connectivity index (χ1) is 15.2. The van der Waals surface area contributed by atoms with Crippen LogP contribution in [0.25, 0.3) is 28.0 Å². The van der Waals surface area contributed by atoms with E-state index in [0.717, 1.165) is 11.1 Å². The van der Waals surface area contributed by atoms with Crippen molar-refractivity contribution in [2.75, 3.05) is 13.7 Å². The minimum atomic E-state index is -4.54. The highest BCUT2D eigenvalue weighted by Gasteiger charge is 2.29. The largest absolute Gasteiger partial charge is 0.496 e. The zero-order valence-electron chi connectivity index (χ0n) is 16.9. The fourth-order valence-corrected chi connectivity index (χ4v) is 3.62. The second-order valence-electron chi connectivity index (χ2n) is 7.02. The number of methoxy groups -OCH3 is 1. The van der Waals surface area contributed by atoms with Gasteiger partial charge in [-0.3, -0.25) is 13.9 Å². The van der Waals surface area contributed by atoms with Crippen molar-refractivity contribution in [2.24, 2.45) is 7.05 Å². The maximum absolute atomic E-state index is 12.5. The van der Waals surface area contributed by atoms with Crippen molar-refractivity contribution in [3.05, 3.63) is 59.6 Å². The number of benzene rings is 1. The Morgan fingerprint density at radius 3 is 2.62 bits per heavy atom. The quantitative estimate of drug-likeness (QED) is 0.477. The van der Waals surface area contributed by atoms with Crippen molar-refractivity contribution in [3.8, 4) is 28.1 Å². The van der Waals surface area contributed by atoms with Crippen molar-refractivity contribution in [2.45, 2.75) is 6.18 Å². The van der Waals surface area contributed by atoms with Gasteiger partial charge in [0.15, 0.2) is 0 Å². The van der Waals surface area contributed by atoms with E-state index in [1.165, 1.54) is 19.2 Å². The van der Waals surface area contributed by atoms with Gasteiger partial charge in [0.05, 0.1) is 35.8 Å². The van der Waals surface area contributed by atoms with Crippen LogP contribution in [0.3, 0.4) is 0 Å². The molecule has 0 bridgehead atoms. The lowest BCUT2D eigenvalue weighted by atomic mass is 10.1. The summed E-state index contributed by atoms with van der Waals surface area (Å²) in [7, 11) is 3.14. The van der Waals surface area contributed by atoms with Gasteiger partial charge >= 0.3 is 6.18 Å². The first-order valence-corrected chi connectivity index (χ1v) is 9.73. The number of carbonyl (C=O) groups excluding carboxylic acids is 1. The van der Waals surface area contributed by atoms with E-state index in [4.69, 9.17) is 16.3 Å². The van der Waals surface area contributed by atoms with Gasteiger partial charge in [-0.15, -0.1) is 0 Å². The number of hydrogen-bond acceptors (Lipinski definition) is 4. The van der Waals surface area contributed by atoms with E-state index in [9.17, 15) is 18.0 Å². The van der Waals surface area contributed by atoms with Crippen molar-refractivity contribution < 1.29 is 22.7 Å². The molecule has 0 saturated heterocycles. The average molecular weight is 464 g/mol. The Kier molecular flexibility index (Phi) is 5.55. The van der Waals surface area contributed by atoms with Crippen LogP contribution in [0.5, 0.6) is 5.75 Å². The third kappa shape index (κ3) is 4.26. The highest BCUT2D eigenvalue weighted by atomic mass is 35.5. The number of amides is 1. The standard InChI is InChI=1S/C21H17ClF3N5O2/c1-29-10-14(8-28-29)12-3-4-30-16(9-26-18(30)7-12)13-5-15(22)19(17(6-13)32-2)20(31)27-11-21(23,24)25/h3-10H,11H2,1-2H3,(H,27,31). The van der Waals surface area contributed by atoms with E-state index in [-0.39, 0.29) is 16.3 Å². The summed E-state index contributed by atoms with van der Waals surface area (Å²) >= 11 is 6.27. The maximum Gasteiger partial charge on any atom is 0.405 e. The van der Waals surface area contributed by atoms with Gasteiger partial charge < -0.3 is 10.1 Å². The molecule has 1 aromatic carbocycles. The van der Waals surface area contributed by atoms with Gasteiger partial charge in [-0.1, -0.05) is 11.6 Å². The average Bonchev–Trinajstić information content (AvgIpc) is 3.36. The topological polar surface area (TPSA) is 73.5 Å². The molecule has 1 amide bonds. The molecule has 32 heavy (non-hydrogen) atoms. The van der Waals surface area contributed by atoms with E-state index in [1.54, 1.807) is 17.1 Å². The molecule has 3 aromatic heterocycles. The summed E-state index contributed by atoms with van der Waals surface area (Å²) in [5.74, 6) is -0.927. The molecule has 0 radical (unpaired) electrons. The number of pyridine rings is 1. The molecule has 0 fully saturated rings. The number of aromatic nitrogens is 4. The molecule has 0 saturated carbocycles. The number of nitrogens with zero attached hydrogens (tertiary/aromatic N) is 4. The Hall–Kier alpha value is -3.53. The zero-order valence-corrected chi connectivity index (χ0v) is 17.7. The van der Waals surface area contributed by atoms with Gasteiger partial charge in [-0.05, 0) is 29.8 Å². The summed E-state index contributed by atoms with van der Waals surface area (Å²) in [4.78, 5) is 16.7. The SMILES string of the molecule is COc1cc(-c2cnc3cc(-c4cnn(C)c4)ccn23)cc(Cl)c1C(=O)NCC(F)(F)F. The van der Waals surface area contributed by atoms with Crippen LogP contribution in [0.15, 0.2) is 49.1 Å². The smallest absolute Gasteiger partial charge is 0.405 e. The van der Waals surface area contributed by atoms with E-state index < -0.39 is 18.6 Å². The summed E-state index contributed by atoms with van der Waals surface area (Å²) in [6, 6.07) is 6.84. The predicted octanol–water partition coefficient (Wildman–Crippen LogP) is 4.36. The number of imidazole rings is 1. The van der Waals surface area contributed by atoms with Crippen molar-refractivity contribution in [3.63, 3.8) is 0 Å². The molecule has 7 nitrogen and oxygen atoms in total. The van der Waals surface area contributed by atoms with Crippen LogP contribution < -0.4 is 10.1 Å². The first-order valence-electron chi connectivity index (χ1n) is 9.35. The van der Waals surface area contributed by atoms with Crippen LogP contribution in [0, 0.1) is 0 Å². The molecule has 0 aliphatic rings. The number of aryl methyl sites for hydroxylation is 1. The van der Waals surface area contributed by atoms with Crippen LogP contribution in [-0.2, 0) is 7.05 Å². The number of rotatable bonds is 5. The van der Waals surface area contributed by atoms with Gasteiger partial charge in [0.2, 0.25) is 0 Å². The first kappa shape index (κ1) is 21.7. The molecule has 0 atom stereocenters. The minimum absolute atomic E-state index is 0.0408. The normalized spacial score (nSPS) is 11.7. The van der Waals surface area contributed by atoms with Crippen LogP contribution >= 0.6 is 11.6 Å². The second-order valence-corrected chi connectivity index (χ2v) is 7.43. The van der Waals surface area contributed by atoms with Crippen molar-refractivity contribution >= 4 is 23.2 Å². The van der Waals surface area contributed by atoms with Gasteiger partial charge in [0.1, 0.15) is 17.9 Å². The second kappa shape index (κ2) is 8.19. The highest BCUT2D eigenvalue weighted by Crippen LogP contribution is 2.34. The lowest BCUT2D eigenvalue weighted by molar-refractivity contribution is -0.123. The van der Waals surface area contributed by atoms with E-state index in [2.05, 4.69) is 10.1 Å². The Bertz CT molecular complexity index is 1310. The minimum Gasteiger partial charge on any atom is -0.496 e. The number of halogens is 4. The molecule has 0 spiro atoms. The number of carbonyl (C=O) groups is 1. The number of hydrogen-bond donors (Lipinski definition) is 1. The zero-order chi connectivity index (χ0) is 23.0. The van der Waals surface area contributed by atoms with E-state index in [1.807, 2.05) is 41.3 Å². The third-order valence-electron chi connectivity index (χ3n) is 4.80. The number of ether oxygens (including phenoxy) is 1. The molecule has 11 heteroatoms. The molecular formula is C21H17ClF3N5O2. The summed E-state index contributed by atoms with van der Waals surface area (Å²) < 4.78 is 46.2. The van der Waals surface area contributed by atoms with Crippen molar-refractivity contribution in [1.29, 1.82) is 0 Å². The van der Waals surface area contributed by atoms with Crippen molar-refractivity contribution in [1.82, 2.24) is 24.5 Å². The summed E-state index contributed by atoms with van der Waals surface area (Å²) in [6.45, 7) is -1.47. The Labute approximate surface area is 185 Å². The Balaban J connectivity index is 1.70. The fraction of sp³-hybridized carbons (Fsp3) is 0.190. The molecule has 4 rings (SSSR count). The summed E-state index contributed by atoms with van der Waals surface area (Å²) in [5.41, 5.74) is 3.63. The molecule has 166 valence electrons. The lowest BCUT2D eigenvalue weighted by Gasteiger charge is -2.14. The van der Waals surface area contributed by atoms with Gasteiger partial charge in [0, 0.05) is 30.6 Å². The lowest BCUT2D eigenvalue weighted by Crippen LogP contribution is -2.34. The van der Waals surface area contributed by atoms with E-state index in [0.29, 0.717) is 16.9 Å². The predicted molar refractivity (Wildman–Crippen MR) is 113 cm³/mol. The molecule has 4 aromatic rings. The molecule has 3 heterocycles.